The second kappa shape index (κ2) is 13.2. The number of carboxylic acids is 1. The number of carbonyl (C=O) groups is 3. The number of carboxylic acid groups (broad SMARTS) is 2. The summed E-state index contributed by atoms with van der Waals surface area (Å²) in [5.74, 6) is -1.13. The van der Waals surface area contributed by atoms with Crippen LogP contribution in [-0.4, -0.2) is 90.2 Å². The van der Waals surface area contributed by atoms with Crippen LogP contribution in [0.25, 0.3) is 16.6 Å². The molecule has 1 atom stereocenters. The molecule has 3 heterocycles. The monoisotopic (exact) mass is 621 g/mol. The van der Waals surface area contributed by atoms with Gasteiger partial charge in [0.1, 0.15) is 11.9 Å². The first-order chi connectivity index (χ1) is 22.3. The Morgan fingerprint density at radius 1 is 0.891 bits per heavy atom. The third kappa shape index (κ3) is 6.20. The van der Waals surface area contributed by atoms with Gasteiger partial charge in [0, 0.05) is 37.1 Å². The number of amides is 2. The summed E-state index contributed by atoms with van der Waals surface area (Å²) in [6, 6.07) is 26.7. The molecule has 0 spiro atoms. The molecule has 0 saturated carbocycles. The molecule has 1 aliphatic heterocycles. The smallest absolute Gasteiger partial charge is 0.413 e. The Balaban J connectivity index is 1.22. The van der Waals surface area contributed by atoms with E-state index in [0.29, 0.717) is 55.6 Å². The first-order valence-electron chi connectivity index (χ1n) is 15.3. The fraction of sp³-hybridized carbons (Fsp3) is 0.265. The Bertz CT molecular complexity index is 1790. The maximum atomic E-state index is 14.1. The summed E-state index contributed by atoms with van der Waals surface area (Å²) in [6.07, 6.45) is 1.05. The van der Waals surface area contributed by atoms with E-state index in [1.54, 1.807) is 29.2 Å². The van der Waals surface area contributed by atoms with Crippen molar-refractivity contribution in [3.8, 4) is 5.69 Å². The van der Waals surface area contributed by atoms with E-state index < -0.39 is 18.1 Å². The van der Waals surface area contributed by atoms with Crippen molar-refractivity contribution in [2.75, 3.05) is 31.1 Å². The van der Waals surface area contributed by atoms with Gasteiger partial charge in [0.2, 0.25) is 5.91 Å². The largest absolute Gasteiger partial charge is 0.476 e. The fourth-order valence-electron chi connectivity index (χ4n) is 6.20. The Hall–Kier alpha value is -5.49. The highest BCUT2D eigenvalue weighted by atomic mass is 16.4. The lowest BCUT2D eigenvalue weighted by molar-refractivity contribution is -0.134. The molecule has 46 heavy (non-hydrogen) atoms. The van der Waals surface area contributed by atoms with E-state index in [2.05, 4.69) is 44.5 Å². The number of rotatable bonds is 10. The summed E-state index contributed by atoms with van der Waals surface area (Å²) in [6.45, 7) is 4.19. The minimum absolute atomic E-state index is 0.0473. The third-order valence-corrected chi connectivity index (χ3v) is 8.41. The molecule has 6 rings (SSSR count). The van der Waals surface area contributed by atoms with Crippen molar-refractivity contribution < 1.29 is 24.6 Å². The summed E-state index contributed by atoms with van der Waals surface area (Å²) < 4.78 is 1.34. The van der Waals surface area contributed by atoms with Gasteiger partial charge in [-0.05, 0) is 41.8 Å². The third-order valence-electron chi connectivity index (χ3n) is 8.41. The van der Waals surface area contributed by atoms with E-state index in [-0.39, 0.29) is 23.5 Å². The van der Waals surface area contributed by atoms with Crippen LogP contribution < -0.4 is 4.90 Å². The number of nitrogens with zero attached hydrogens (tertiary/aromatic N) is 6. The first-order valence-corrected chi connectivity index (χ1v) is 15.3. The van der Waals surface area contributed by atoms with Gasteiger partial charge in [0.25, 0.3) is 0 Å². The average molecular weight is 622 g/mol. The zero-order chi connectivity index (χ0) is 32.2. The molecule has 12 heteroatoms. The molecule has 1 fully saturated rings. The zero-order valence-electron chi connectivity index (χ0n) is 25.4. The normalized spacial score (nSPS) is 14.4. The molecule has 3 N–H and O–H groups in total. The van der Waals surface area contributed by atoms with Gasteiger partial charge in [-0.25, -0.2) is 14.3 Å². The molecule has 1 aliphatic rings. The molecule has 12 nitrogen and oxygen atoms in total. The number of aromatic carboxylic acids is 1. The first kappa shape index (κ1) is 30.5. The molecule has 236 valence electrons. The number of nitrogens with one attached hydrogen (secondary N) is 1. The number of H-pyrrole nitrogens is 1. The van der Waals surface area contributed by atoms with E-state index in [1.165, 1.54) is 22.0 Å². The van der Waals surface area contributed by atoms with Crippen LogP contribution in [0, 0.1) is 0 Å². The van der Waals surface area contributed by atoms with E-state index in [0.717, 1.165) is 4.90 Å². The van der Waals surface area contributed by atoms with Crippen molar-refractivity contribution >= 4 is 34.7 Å². The van der Waals surface area contributed by atoms with Crippen molar-refractivity contribution in [3.63, 3.8) is 0 Å². The van der Waals surface area contributed by atoms with Crippen LogP contribution >= 0.6 is 0 Å². The molecule has 0 bridgehead atoms. The second-order valence-electron chi connectivity index (χ2n) is 11.3. The van der Waals surface area contributed by atoms with Crippen molar-refractivity contribution in [3.05, 3.63) is 108 Å². The Kier molecular flexibility index (Phi) is 8.79. The van der Waals surface area contributed by atoms with E-state index in [1.807, 2.05) is 43.3 Å². The number of hydrogen-bond donors (Lipinski definition) is 3. The van der Waals surface area contributed by atoms with E-state index in [9.17, 15) is 24.6 Å². The molecule has 2 aromatic heterocycles. The van der Waals surface area contributed by atoms with Crippen LogP contribution in [0.4, 0.5) is 10.6 Å². The minimum atomic E-state index is -1.23. The number of benzene rings is 3. The van der Waals surface area contributed by atoms with E-state index in [4.69, 9.17) is 0 Å². The molecule has 0 unspecified atom stereocenters. The Labute approximate surface area is 265 Å². The molecule has 0 radical (unpaired) electrons. The highest BCUT2D eigenvalue weighted by Gasteiger charge is 2.36. The fourth-order valence-corrected chi connectivity index (χ4v) is 6.20. The number of piperazine rings is 1. The van der Waals surface area contributed by atoms with Crippen LogP contribution in [0.15, 0.2) is 91.1 Å². The van der Waals surface area contributed by atoms with Crippen LogP contribution in [0.2, 0.25) is 0 Å². The molecule has 1 saturated heterocycles. The maximum Gasteiger partial charge on any atom is 0.413 e. The van der Waals surface area contributed by atoms with Gasteiger partial charge < -0.3 is 20.1 Å². The lowest BCUT2D eigenvalue weighted by Gasteiger charge is -2.41. The van der Waals surface area contributed by atoms with Gasteiger partial charge in [-0.3, -0.25) is 14.6 Å². The maximum absolute atomic E-state index is 14.1. The molecule has 3 aromatic carbocycles. The van der Waals surface area contributed by atoms with Gasteiger partial charge >= 0.3 is 12.1 Å². The minimum Gasteiger partial charge on any atom is -0.476 e. The zero-order valence-corrected chi connectivity index (χ0v) is 25.4. The van der Waals surface area contributed by atoms with Crippen molar-refractivity contribution in [2.24, 2.45) is 0 Å². The predicted molar refractivity (Wildman–Crippen MR) is 172 cm³/mol. The Morgan fingerprint density at radius 2 is 1.54 bits per heavy atom. The quantitative estimate of drug-likeness (QED) is 0.197. The predicted octanol–water partition coefficient (Wildman–Crippen LogP) is 5.03. The SMILES string of the molecule is CCC[C@@H](C(=O)N1CCN(C(c2ccccc2)c2ccccc2)CC1)N(C(=O)O)c1cc2cc(-n3cc(C(=O)O)nn3)ccc2[nH]1. The molecular weight excluding hydrogens is 586 g/mol. The average Bonchev–Trinajstić information content (AvgIpc) is 3.73. The number of aromatic nitrogens is 4. The van der Waals surface area contributed by atoms with Gasteiger partial charge in [-0.2, -0.15) is 0 Å². The number of aromatic amines is 1. The van der Waals surface area contributed by atoms with Crippen LogP contribution in [-0.2, 0) is 4.79 Å². The highest BCUT2D eigenvalue weighted by molar-refractivity contribution is 5.98. The summed E-state index contributed by atoms with van der Waals surface area (Å²) in [7, 11) is 0. The molecule has 2 amide bonds. The topological polar surface area (TPSA) is 148 Å². The van der Waals surface area contributed by atoms with Gasteiger partial charge in [0.15, 0.2) is 5.69 Å². The number of carbonyl (C=O) groups excluding carboxylic acids is 1. The summed E-state index contributed by atoms with van der Waals surface area (Å²) in [5.41, 5.74) is 3.39. The number of fused-ring (bicyclic) bond motifs is 1. The second-order valence-corrected chi connectivity index (χ2v) is 11.3. The van der Waals surface area contributed by atoms with Crippen molar-refractivity contribution in [1.29, 1.82) is 0 Å². The summed E-state index contributed by atoms with van der Waals surface area (Å²) >= 11 is 0. The molecule has 0 aliphatic carbocycles. The van der Waals surface area contributed by atoms with Crippen molar-refractivity contribution in [1.82, 2.24) is 29.8 Å². The van der Waals surface area contributed by atoms with Gasteiger partial charge in [0.05, 0.1) is 17.9 Å². The van der Waals surface area contributed by atoms with Crippen molar-refractivity contribution in [2.45, 2.75) is 31.8 Å². The standard InChI is InChI=1S/C34H35N7O5/c1-2-9-29(32(42)39-18-16-38(17-19-39)31(23-10-5-3-6-11-23)24-12-7-4-8-13-24)41(34(45)46)30-21-25-20-26(14-15-27(25)35-30)40-22-28(33(43)44)36-37-40/h3-8,10-15,20-22,29,31,35H,2,9,16-19H2,1H3,(H,43,44)(H,45,46)/t29-/m0/s1. The summed E-state index contributed by atoms with van der Waals surface area (Å²) in [5, 5.41) is 27.8. The van der Waals surface area contributed by atoms with Gasteiger partial charge in [-0.1, -0.05) is 79.2 Å². The number of hydrogen-bond acceptors (Lipinski definition) is 6. The lowest BCUT2D eigenvalue weighted by atomic mass is 9.96. The molecular formula is C34H35N7O5. The number of anilines is 1. The summed E-state index contributed by atoms with van der Waals surface area (Å²) in [4.78, 5) is 46.5. The lowest BCUT2D eigenvalue weighted by Crippen LogP contribution is -2.56. The van der Waals surface area contributed by atoms with Crippen LogP contribution in [0.3, 0.4) is 0 Å². The van der Waals surface area contributed by atoms with Crippen LogP contribution in [0.1, 0.15) is 47.4 Å². The van der Waals surface area contributed by atoms with E-state index >= 15 is 0 Å². The Morgan fingerprint density at radius 3 is 2.11 bits per heavy atom. The highest BCUT2D eigenvalue weighted by Crippen LogP contribution is 2.31. The van der Waals surface area contributed by atoms with Gasteiger partial charge in [-0.15, -0.1) is 5.10 Å². The van der Waals surface area contributed by atoms with Crippen LogP contribution in [0.5, 0.6) is 0 Å². The molecule has 5 aromatic rings.